The molecule has 0 aromatic heterocycles. The Balaban J connectivity index is 2.17. The van der Waals surface area contributed by atoms with Crippen molar-refractivity contribution in [2.24, 2.45) is 0 Å². The van der Waals surface area contributed by atoms with Crippen molar-refractivity contribution in [2.45, 2.75) is 17.8 Å². The van der Waals surface area contributed by atoms with Crippen molar-refractivity contribution < 1.29 is 9.13 Å². The molecule has 1 unspecified atom stereocenters. The number of rotatable bonds is 0. The minimum absolute atomic E-state index is 0.355. The molecule has 2 heterocycles. The molecule has 7 heteroatoms. The van der Waals surface area contributed by atoms with Crippen LogP contribution in [0.15, 0.2) is 12.2 Å². The van der Waals surface area contributed by atoms with Crippen LogP contribution in [0.1, 0.15) is 0 Å². The fourth-order valence-corrected chi connectivity index (χ4v) is 9.05. The molecule has 1 spiro atoms. The largest absolute Gasteiger partial charge is 0.371 e. The molecule has 0 aromatic rings. The van der Waals surface area contributed by atoms with Gasteiger partial charge in [0.05, 0.1) is 10.4 Å². The van der Waals surface area contributed by atoms with Crippen molar-refractivity contribution in [3.05, 3.63) is 12.2 Å². The van der Waals surface area contributed by atoms with Crippen LogP contribution in [-0.2, 0) is 16.5 Å². The zero-order valence-electron chi connectivity index (χ0n) is 8.73. The number of halogens is 1. The van der Waals surface area contributed by atoms with E-state index < -0.39 is 16.2 Å². The SMILES string of the molecule is B[C@@H]1OC2(CSP(C)(=S)SC2)C(=C)C1F. The summed E-state index contributed by atoms with van der Waals surface area (Å²) < 4.78 is 18.1. The number of hydrogen-bond acceptors (Lipinski definition) is 4. The van der Waals surface area contributed by atoms with Crippen LogP contribution in [-0.4, -0.2) is 43.8 Å². The average Bonchev–Trinajstić information content (AvgIpc) is 2.38. The van der Waals surface area contributed by atoms with Gasteiger partial charge < -0.3 is 4.74 Å². The van der Waals surface area contributed by atoms with Gasteiger partial charge in [0, 0.05) is 11.5 Å². The van der Waals surface area contributed by atoms with Gasteiger partial charge in [-0.05, 0) is 12.2 Å². The lowest BCUT2D eigenvalue weighted by Crippen LogP contribution is -2.38. The van der Waals surface area contributed by atoms with Crippen LogP contribution in [0.5, 0.6) is 0 Å². The lowest BCUT2D eigenvalue weighted by Gasteiger charge is -2.36. The Labute approximate surface area is 104 Å². The average molecular weight is 282 g/mol. The summed E-state index contributed by atoms with van der Waals surface area (Å²) in [6.07, 6.45) is -1.01. The Hall–Kier alpha value is 1.04. The zero-order chi connectivity index (χ0) is 11.3. The van der Waals surface area contributed by atoms with Gasteiger partial charge in [-0.15, -0.1) is 22.8 Å². The minimum Gasteiger partial charge on any atom is -0.371 e. The maximum atomic E-state index is 13.7. The summed E-state index contributed by atoms with van der Waals surface area (Å²) in [5.74, 6) is 1.55. The Kier molecular flexibility index (Phi) is 3.38. The lowest BCUT2D eigenvalue weighted by atomic mass is 9.90. The zero-order valence-corrected chi connectivity index (χ0v) is 12.1. The highest BCUT2D eigenvalue weighted by Crippen LogP contribution is 2.71. The van der Waals surface area contributed by atoms with Gasteiger partial charge in [-0.3, -0.25) is 0 Å². The molecule has 0 N–H and O–H groups in total. The highest BCUT2D eigenvalue weighted by molar-refractivity contribution is 9.00. The van der Waals surface area contributed by atoms with Gasteiger partial charge in [-0.2, -0.15) is 0 Å². The smallest absolute Gasteiger partial charge is 0.143 e. The van der Waals surface area contributed by atoms with Gasteiger partial charge in [-0.25, -0.2) is 4.39 Å². The van der Waals surface area contributed by atoms with E-state index in [1.165, 1.54) is 0 Å². The summed E-state index contributed by atoms with van der Waals surface area (Å²) in [5, 5.41) is 0. The molecule has 2 rings (SSSR count). The Morgan fingerprint density at radius 1 is 1.67 bits per heavy atom. The molecule has 2 saturated heterocycles. The van der Waals surface area contributed by atoms with Gasteiger partial charge in [-0.1, -0.05) is 18.4 Å². The number of ether oxygens (including phenoxy) is 1. The molecule has 0 amide bonds. The third-order valence-electron chi connectivity index (χ3n) is 2.81. The summed E-state index contributed by atoms with van der Waals surface area (Å²) in [4.78, 5) is 0. The molecule has 2 atom stereocenters. The van der Waals surface area contributed by atoms with Crippen LogP contribution < -0.4 is 0 Å². The van der Waals surface area contributed by atoms with Crippen LogP contribution in [0.4, 0.5) is 4.39 Å². The first-order chi connectivity index (χ1) is 6.86. The van der Waals surface area contributed by atoms with Crippen LogP contribution in [0.2, 0.25) is 0 Å². The van der Waals surface area contributed by atoms with Crippen molar-refractivity contribution >= 4 is 46.9 Å². The van der Waals surface area contributed by atoms with Gasteiger partial charge >= 0.3 is 0 Å². The topological polar surface area (TPSA) is 9.23 Å². The second kappa shape index (κ2) is 4.06. The van der Waals surface area contributed by atoms with Crippen molar-refractivity contribution in [2.75, 3.05) is 18.2 Å². The van der Waals surface area contributed by atoms with E-state index in [4.69, 9.17) is 16.5 Å². The van der Waals surface area contributed by atoms with E-state index in [0.717, 1.165) is 11.5 Å². The third-order valence-corrected chi connectivity index (χ3v) is 12.3. The van der Waals surface area contributed by atoms with Gasteiger partial charge in [0.15, 0.2) is 0 Å². The molecule has 84 valence electrons. The van der Waals surface area contributed by atoms with Crippen LogP contribution >= 0.6 is 27.2 Å². The van der Waals surface area contributed by atoms with Crippen LogP contribution in [0.25, 0.3) is 0 Å². The summed E-state index contributed by atoms with van der Waals surface area (Å²) in [7, 11) is 1.77. The normalized spacial score (nSPS) is 51.2. The summed E-state index contributed by atoms with van der Waals surface area (Å²) >= 11 is 8.99. The van der Waals surface area contributed by atoms with E-state index in [1.807, 2.05) is 0 Å². The summed E-state index contributed by atoms with van der Waals surface area (Å²) in [6, 6.07) is -0.355. The Bertz CT molecular complexity index is 339. The van der Waals surface area contributed by atoms with Crippen LogP contribution in [0.3, 0.4) is 0 Å². The first kappa shape index (κ1) is 12.5. The molecule has 2 fully saturated rings. The lowest BCUT2D eigenvalue weighted by molar-refractivity contribution is 0.0315. The molecule has 0 aliphatic carbocycles. The molecular weight excluding hydrogens is 269 g/mol. The molecular formula is C8H13BFOPS3. The van der Waals surface area contributed by atoms with Crippen molar-refractivity contribution in [1.29, 1.82) is 0 Å². The fraction of sp³-hybridized carbons (Fsp3) is 0.750. The Morgan fingerprint density at radius 3 is 2.60 bits per heavy atom. The van der Waals surface area contributed by atoms with Crippen LogP contribution in [0, 0.1) is 0 Å². The fourth-order valence-electron chi connectivity index (χ4n) is 1.80. The van der Waals surface area contributed by atoms with Gasteiger partial charge in [0.1, 0.15) is 19.6 Å². The third kappa shape index (κ3) is 2.21. The Morgan fingerprint density at radius 2 is 2.20 bits per heavy atom. The standard InChI is InChI=1S/C8H13BFOPS3/c1-5-6(10)7(9)11-8(5)3-14-12(2,13)15-4-8/h6-7H,1,3-4,9H2,2H3/t6?,7-,8?,12?/m1/s1. The molecule has 0 saturated carbocycles. The maximum absolute atomic E-state index is 13.7. The van der Waals surface area contributed by atoms with E-state index in [0.29, 0.717) is 5.57 Å². The van der Waals surface area contributed by atoms with E-state index in [-0.39, 0.29) is 6.00 Å². The molecule has 15 heavy (non-hydrogen) atoms. The van der Waals surface area contributed by atoms with E-state index >= 15 is 0 Å². The van der Waals surface area contributed by atoms with E-state index in [1.54, 1.807) is 30.6 Å². The highest BCUT2D eigenvalue weighted by atomic mass is 33.2. The summed E-state index contributed by atoms with van der Waals surface area (Å²) in [5.41, 5.74) is 0.164. The van der Waals surface area contributed by atoms with Crippen molar-refractivity contribution in [3.63, 3.8) is 0 Å². The summed E-state index contributed by atoms with van der Waals surface area (Å²) in [6.45, 7) is 5.99. The molecule has 0 bridgehead atoms. The molecule has 0 aromatic carbocycles. The first-order valence-corrected chi connectivity index (χ1v) is 11.2. The highest BCUT2D eigenvalue weighted by Gasteiger charge is 2.51. The predicted molar refractivity (Wildman–Crippen MR) is 75.3 cm³/mol. The number of hydrogen-bond donors (Lipinski definition) is 0. The molecule has 1 nitrogen and oxygen atoms in total. The second-order valence-corrected chi connectivity index (χ2v) is 16.9. The second-order valence-electron chi connectivity index (χ2n) is 4.06. The first-order valence-electron chi connectivity index (χ1n) is 4.74. The van der Waals surface area contributed by atoms with Crippen molar-refractivity contribution in [3.8, 4) is 0 Å². The maximum Gasteiger partial charge on any atom is 0.143 e. The number of alkyl halides is 1. The molecule has 2 aliphatic heterocycles. The van der Waals surface area contributed by atoms with Gasteiger partial charge in [0.2, 0.25) is 0 Å². The van der Waals surface area contributed by atoms with Gasteiger partial charge in [0.25, 0.3) is 0 Å². The molecule has 2 aliphatic rings. The minimum atomic E-state index is -1.31. The van der Waals surface area contributed by atoms with E-state index in [2.05, 4.69) is 13.2 Å². The molecule has 0 radical (unpaired) electrons. The quantitative estimate of drug-likeness (QED) is 0.382. The van der Waals surface area contributed by atoms with E-state index in [9.17, 15) is 4.39 Å². The predicted octanol–water partition coefficient (Wildman–Crippen LogP) is 2.03. The van der Waals surface area contributed by atoms with Crippen molar-refractivity contribution in [1.82, 2.24) is 0 Å². The monoisotopic (exact) mass is 282 g/mol.